The molecule has 0 aliphatic carbocycles. The third-order valence-electron chi connectivity index (χ3n) is 5.68. The van der Waals surface area contributed by atoms with E-state index in [1.54, 1.807) is 29.2 Å². The molecule has 4 rings (SSSR count). The molecule has 2 heterocycles. The molecule has 0 aliphatic heterocycles. The predicted molar refractivity (Wildman–Crippen MR) is 134 cm³/mol. The Hall–Kier alpha value is -3.76. The number of halogens is 2. The summed E-state index contributed by atoms with van der Waals surface area (Å²) in [6, 6.07) is 10.8. The second kappa shape index (κ2) is 11.3. The van der Waals surface area contributed by atoms with Crippen LogP contribution in [0, 0.1) is 5.82 Å². The highest BCUT2D eigenvalue weighted by atomic mass is 35.5. The first kappa shape index (κ1) is 25.3. The van der Waals surface area contributed by atoms with Crippen molar-refractivity contribution in [1.82, 2.24) is 24.6 Å². The van der Waals surface area contributed by atoms with Gasteiger partial charge < -0.3 is 20.1 Å². The summed E-state index contributed by atoms with van der Waals surface area (Å²) >= 11 is 5.86. The van der Waals surface area contributed by atoms with Gasteiger partial charge in [0.05, 0.1) is 11.1 Å². The number of pyridine rings is 1. The third-order valence-corrected chi connectivity index (χ3v) is 5.97. The second-order valence-electron chi connectivity index (χ2n) is 8.19. The molecule has 1 atom stereocenters. The quantitative estimate of drug-likeness (QED) is 0.336. The lowest BCUT2D eigenvalue weighted by molar-refractivity contribution is 0.182. The first-order valence-electron chi connectivity index (χ1n) is 11.4. The zero-order chi connectivity index (χ0) is 25.7. The number of aliphatic hydroxyl groups is 1. The number of hydrogen-bond acceptors (Lipinski definition) is 6. The molecule has 0 spiro atoms. The maximum atomic E-state index is 13.5. The van der Waals surface area contributed by atoms with E-state index in [1.807, 2.05) is 31.2 Å². The summed E-state index contributed by atoms with van der Waals surface area (Å²) in [4.78, 5) is 23.5. The van der Waals surface area contributed by atoms with Crippen LogP contribution < -0.4 is 10.1 Å². The van der Waals surface area contributed by atoms with Crippen LogP contribution in [-0.4, -0.2) is 48.9 Å². The smallest absolute Gasteiger partial charge is 0.322 e. The molecule has 4 aromatic rings. The van der Waals surface area contributed by atoms with Gasteiger partial charge in [-0.15, -0.1) is 0 Å². The Morgan fingerprint density at radius 2 is 2.03 bits per heavy atom. The van der Waals surface area contributed by atoms with Gasteiger partial charge in [0.1, 0.15) is 12.1 Å². The summed E-state index contributed by atoms with van der Waals surface area (Å²) in [7, 11) is 1.78. The molecule has 0 aliphatic rings. The van der Waals surface area contributed by atoms with Gasteiger partial charge >= 0.3 is 6.03 Å². The van der Waals surface area contributed by atoms with E-state index in [-0.39, 0.29) is 24.8 Å². The van der Waals surface area contributed by atoms with Crippen LogP contribution in [0.5, 0.6) is 5.88 Å². The summed E-state index contributed by atoms with van der Waals surface area (Å²) in [6.45, 7) is 2.26. The van der Waals surface area contributed by atoms with Crippen LogP contribution in [0.3, 0.4) is 0 Å². The van der Waals surface area contributed by atoms with E-state index < -0.39 is 17.9 Å². The fraction of sp³-hybridized carbons (Fsp3) is 0.280. The summed E-state index contributed by atoms with van der Waals surface area (Å²) in [5.74, 6) is 0.397. The molecule has 11 heteroatoms. The van der Waals surface area contributed by atoms with E-state index in [0.29, 0.717) is 23.8 Å². The molecule has 2 aromatic carbocycles. The average molecular weight is 513 g/mol. The number of anilines is 1. The zero-order valence-corrected chi connectivity index (χ0v) is 20.6. The molecule has 36 heavy (non-hydrogen) atoms. The van der Waals surface area contributed by atoms with Crippen molar-refractivity contribution in [3.63, 3.8) is 0 Å². The van der Waals surface area contributed by atoms with E-state index in [2.05, 4.69) is 20.4 Å². The molecule has 188 valence electrons. The van der Waals surface area contributed by atoms with Gasteiger partial charge in [0.25, 0.3) is 0 Å². The van der Waals surface area contributed by atoms with E-state index in [0.717, 1.165) is 16.3 Å². The van der Waals surface area contributed by atoms with Gasteiger partial charge in [-0.1, -0.05) is 29.8 Å². The van der Waals surface area contributed by atoms with E-state index in [1.165, 1.54) is 18.2 Å². The van der Waals surface area contributed by atoms with Gasteiger partial charge in [0, 0.05) is 43.0 Å². The van der Waals surface area contributed by atoms with Crippen molar-refractivity contribution >= 4 is 34.1 Å². The largest absolute Gasteiger partial charge is 0.469 e. The van der Waals surface area contributed by atoms with Crippen molar-refractivity contribution in [2.24, 2.45) is 7.05 Å². The van der Waals surface area contributed by atoms with Crippen molar-refractivity contribution in [3.05, 3.63) is 77.2 Å². The number of urea groups is 1. The SMILES string of the molecule is C[C@H](c1cnc(OCc2ncn(C)n2)c2ccccc12)N(CCCO)C(=O)Nc1ccc(F)c(Cl)c1. The van der Waals surface area contributed by atoms with Crippen LogP contribution in [0.15, 0.2) is 55.0 Å². The van der Waals surface area contributed by atoms with Crippen LogP contribution in [0.25, 0.3) is 10.8 Å². The van der Waals surface area contributed by atoms with Crippen molar-refractivity contribution in [2.75, 3.05) is 18.5 Å². The molecule has 0 radical (unpaired) electrons. The Labute approximate surface area is 212 Å². The minimum Gasteiger partial charge on any atom is -0.469 e. The number of benzene rings is 2. The first-order valence-corrected chi connectivity index (χ1v) is 11.7. The summed E-state index contributed by atoms with van der Waals surface area (Å²) in [5, 5.41) is 18.0. The molecular weight excluding hydrogens is 487 g/mol. The van der Waals surface area contributed by atoms with Crippen LogP contribution in [0.1, 0.15) is 30.8 Å². The lowest BCUT2D eigenvalue weighted by Gasteiger charge is -2.30. The number of aliphatic hydroxyl groups excluding tert-OH is 1. The molecule has 0 fully saturated rings. The minimum atomic E-state index is -0.571. The highest BCUT2D eigenvalue weighted by Gasteiger charge is 2.24. The highest BCUT2D eigenvalue weighted by molar-refractivity contribution is 6.31. The number of hydrogen-bond donors (Lipinski definition) is 2. The lowest BCUT2D eigenvalue weighted by Crippen LogP contribution is -2.38. The number of aromatic nitrogens is 4. The number of carbonyl (C=O) groups is 1. The van der Waals surface area contributed by atoms with Crippen LogP contribution in [0.4, 0.5) is 14.9 Å². The van der Waals surface area contributed by atoms with Gasteiger partial charge in [0.2, 0.25) is 5.88 Å². The molecule has 2 amide bonds. The normalized spacial score (nSPS) is 11.9. The standard InChI is InChI=1S/C25H26ClFN6O3/c1-16(33(10-5-11-34)25(35)30-17-8-9-22(27)21(26)12-17)20-13-28-24(19-7-4-3-6-18(19)20)36-14-23-29-15-32(2)31-23/h3-4,6-9,12-13,15-16,34H,5,10-11,14H2,1-2H3,(H,30,35)/t16-/m1/s1. The van der Waals surface area contributed by atoms with Crippen molar-refractivity contribution in [1.29, 1.82) is 0 Å². The number of carbonyl (C=O) groups excluding carboxylic acids is 1. The fourth-order valence-corrected chi connectivity index (χ4v) is 4.05. The fourth-order valence-electron chi connectivity index (χ4n) is 3.87. The maximum absolute atomic E-state index is 13.5. The van der Waals surface area contributed by atoms with E-state index in [9.17, 15) is 14.3 Å². The summed E-state index contributed by atoms with van der Waals surface area (Å²) < 4.78 is 21.0. The Morgan fingerprint density at radius 3 is 2.72 bits per heavy atom. The number of amides is 2. The number of nitrogens with one attached hydrogen (secondary N) is 1. The van der Waals surface area contributed by atoms with Gasteiger partial charge in [-0.25, -0.2) is 19.2 Å². The number of aryl methyl sites for hydroxylation is 1. The third kappa shape index (κ3) is 5.72. The number of rotatable bonds is 9. The number of ether oxygens (including phenoxy) is 1. The molecular formula is C25H26ClFN6O3. The number of nitrogens with zero attached hydrogens (tertiary/aromatic N) is 5. The second-order valence-corrected chi connectivity index (χ2v) is 8.60. The Kier molecular flexibility index (Phi) is 7.97. The highest BCUT2D eigenvalue weighted by Crippen LogP contribution is 2.33. The topological polar surface area (TPSA) is 105 Å². The maximum Gasteiger partial charge on any atom is 0.322 e. The molecule has 2 N–H and O–H groups in total. The minimum absolute atomic E-state index is 0.0772. The van der Waals surface area contributed by atoms with Gasteiger partial charge in [0.15, 0.2) is 12.4 Å². The number of fused-ring (bicyclic) bond motifs is 1. The summed E-state index contributed by atoms with van der Waals surface area (Å²) in [6.07, 6.45) is 3.66. The van der Waals surface area contributed by atoms with Gasteiger partial charge in [-0.05, 0) is 43.0 Å². The predicted octanol–water partition coefficient (Wildman–Crippen LogP) is 4.71. The van der Waals surface area contributed by atoms with Crippen molar-refractivity contribution < 1.29 is 19.0 Å². The van der Waals surface area contributed by atoms with Crippen molar-refractivity contribution in [2.45, 2.75) is 26.0 Å². The summed E-state index contributed by atoms with van der Waals surface area (Å²) in [5.41, 5.74) is 1.17. The van der Waals surface area contributed by atoms with Gasteiger partial charge in [-0.3, -0.25) is 4.68 Å². The van der Waals surface area contributed by atoms with Gasteiger partial charge in [-0.2, -0.15) is 5.10 Å². The average Bonchev–Trinajstić information content (AvgIpc) is 3.29. The Balaban J connectivity index is 1.61. The molecule has 0 saturated carbocycles. The first-order chi connectivity index (χ1) is 17.4. The van der Waals surface area contributed by atoms with Crippen molar-refractivity contribution in [3.8, 4) is 5.88 Å². The van der Waals surface area contributed by atoms with E-state index >= 15 is 0 Å². The van der Waals surface area contributed by atoms with Crippen LogP contribution in [0.2, 0.25) is 5.02 Å². The molecule has 0 saturated heterocycles. The monoisotopic (exact) mass is 512 g/mol. The molecule has 0 unspecified atom stereocenters. The van der Waals surface area contributed by atoms with Crippen LogP contribution in [-0.2, 0) is 13.7 Å². The van der Waals surface area contributed by atoms with E-state index in [4.69, 9.17) is 16.3 Å². The molecule has 2 aromatic heterocycles. The zero-order valence-electron chi connectivity index (χ0n) is 19.9. The van der Waals surface area contributed by atoms with Crippen LogP contribution >= 0.6 is 11.6 Å². The lowest BCUT2D eigenvalue weighted by atomic mass is 10.0. The molecule has 0 bridgehead atoms. The Bertz CT molecular complexity index is 1360. The Morgan fingerprint density at radius 1 is 1.25 bits per heavy atom. The molecule has 9 nitrogen and oxygen atoms in total.